The predicted octanol–water partition coefficient (Wildman–Crippen LogP) is 11.5. The molecule has 324 valence electrons. The second kappa shape index (κ2) is 18.6. The highest BCUT2D eigenvalue weighted by molar-refractivity contribution is 6.14. The van der Waals surface area contributed by atoms with Gasteiger partial charge in [0.05, 0.1) is 39.0 Å². The van der Waals surface area contributed by atoms with E-state index in [1.54, 1.807) is 31.3 Å². The first-order chi connectivity index (χ1) is 30.5. The monoisotopic (exact) mass is 843 g/mol. The van der Waals surface area contributed by atoms with Crippen molar-refractivity contribution in [3.8, 4) is 28.4 Å². The lowest BCUT2D eigenvalue weighted by atomic mass is 9.64. The Balaban J connectivity index is 1.21. The summed E-state index contributed by atoms with van der Waals surface area (Å²) in [6.07, 6.45) is 5.02. The van der Waals surface area contributed by atoms with Gasteiger partial charge in [-0.1, -0.05) is 116 Å². The van der Waals surface area contributed by atoms with Gasteiger partial charge in [-0.25, -0.2) is 4.79 Å². The highest BCUT2D eigenvalue weighted by atomic mass is 16.6. The van der Waals surface area contributed by atoms with Crippen LogP contribution in [0, 0.1) is 5.41 Å². The number of ketones is 1. The van der Waals surface area contributed by atoms with E-state index in [1.807, 2.05) is 115 Å². The lowest BCUT2D eigenvalue weighted by molar-refractivity contribution is -0.0802. The highest BCUT2D eigenvalue weighted by Crippen LogP contribution is 2.59. The third-order valence-electron chi connectivity index (χ3n) is 13.7. The Morgan fingerprint density at radius 2 is 1.51 bits per heavy atom. The van der Waals surface area contributed by atoms with Crippen molar-refractivity contribution in [2.75, 3.05) is 20.8 Å². The van der Waals surface area contributed by atoms with Gasteiger partial charge in [0.2, 0.25) is 0 Å². The molecule has 6 aromatic rings. The lowest BCUT2D eigenvalue weighted by Gasteiger charge is -2.46. The summed E-state index contributed by atoms with van der Waals surface area (Å²) in [7, 11) is 3.18. The molecule has 6 aromatic carbocycles. The molecule has 8 heteroatoms. The van der Waals surface area contributed by atoms with Crippen LogP contribution in [-0.2, 0) is 13.0 Å². The summed E-state index contributed by atoms with van der Waals surface area (Å²) < 4.78 is 17.4. The molecule has 8 nitrogen and oxygen atoms in total. The summed E-state index contributed by atoms with van der Waals surface area (Å²) in [5.41, 5.74) is 4.39. The van der Waals surface area contributed by atoms with Gasteiger partial charge in [-0.2, -0.15) is 0 Å². The number of carbonyl (C=O) groups is 2. The maximum atomic E-state index is 15.2. The van der Waals surface area contributed by atoms with Gasteiger partial charge in [0.25, 0.3) is 0 Å². The fourth-order valence-corrected chi connectivity index (χ4v) is 9.98. The molecule has 4 atom stereocenters. The number of amides is 1. The Labute approximate surface area is 370 Å². The van der Waals surface area contributed by atoms with E-state index >= 15 is 4.79 Å². The Morgan fingerprint density at radius 3 is 2.30 bits per heavy atom. The molecule has 0 heterocycles. The predicted molar refractivity (Wildman–Crippen MR) is 249 cm³/mol. The SMILES string of the molecule is COc1ccc(CN(C[C@]2(O)CC[C@H]3c4ccc(cc4C(=O)c4ccccc4-c4ccccc4)C[C@@H](O)CCC(C)=CCC[C@@]32C)C(=O)Oc2ccc3ccccc3c2)c(OC)c1. The first kappa shape index (κ1) is 43.4. The molecule has 3 aliphatic rings. The van der Waals surface area contributed by atoms with Crippen molar-refractivity contribution in [3.05, 3.63) is 173 Å². The van der Waals surface area contributed by atoms with Crippen LogP contribution in [0.1, 0.15) is 90.9 Å². The maximum absolute atomic E-state index is 15.2. The van der Waals surface area contributed by atoms with Crippen molar-refractivity contribution in [1.82, 2.24) is 4.90 Å². The minimum Gasteiger partial charge on any atom is -0.497 e. The number of ether oxygens (including phenoxy) is 3. The molecule has 63 heavy (non-hydrogen) atoms. The third kappa shape index (κ3) is 9.15. The summed E-state index contributed by atoms with van der Waals surface area (Å²) in [4.78, 5) is 31.4. The molecular weight excluding hydrogens is 787 g/mol. The topological polar surface area (TPSA) is 106 Å². The van der Waals surface area contributed by atoms with Crippen LogP contribution in [0.2, 0.25) is 0 Å². The van der Waals surface area contributed by atoms with Crippen LogP contribution in [0.5, 0.6) is 17.2 Å². The van der Waals surface area contributed by atoms with Crippen molar-refractivity contribution in [1.29, 1.82) is 0 Å². The maximum Gasteiger partial charge on any atom is 0.415 e. The van der Waals surface area contributed by atoms with Crippen molar-refractivity contribution in [2.24, 2.45) is 5.41 Å². The van der Waals surface area contributed by atoms with Crippen molar-refractivity contribution in [3.63, 3.8) is 0 Å². The molecule has 1 fully saturated rings. The minimum absolute atomic E-state index is 0.0330. The number of allylic oxidation sites excluding steroid dienone is 2. The second-order valence-electron chi connectivity index (χ2n) is 17.6. The van der Waals surface area contributed by atoms with E-state index in [0.717, 1.165) is 45.0 Å². The number of nitrogens with zero attached hydrogens (tertiary/aromatic N) is 1. The van der Waals surface area contributed by atoms with Crippen LogP contribution in [-0.4, -0.2) is 59.5 Å². The number of carbonyl (C=O) groups excluding carboxylic acids is 2. The number of fused-ring (bicyclic) bond motifs is 9. The smallest absolute Gasteiger partial charge is 0.415 e. The largest absolute Gasteiger partial charge is 0.497 e. The number of aliphatic hydroxyl groups excluding tert-OH is 1. The summed E-state index contributed by atoms with van der Waals surface area (Å²) in [6.45, 7) is 4.29. The van der Waals surface area contributed by atoms with Crippen LogP contribution in [0.3, 0.4) is 0 Å². The van der Waals surface area contributed by atoms with E-state index in [0.29, 0.717) is 66.9 Å². The number of hydrogen-bond acceptors (Lipinski definition) is 7. The Bertz CT molecular complexity index is 2640. The third-order valence-corrected chi connectivity index (χ3v) is 13.7. The quantitative estimate of drug-likeness (QED) is 0.104. The Hall–Kier alpha value is -6.22. The molecule has 1 saturated carbocycles. The lowest BCUT2D eigenvalue weighted by Crippen LogP contribution is -2.54. The zero-order valence-corrected chi connectivity index (χ0v) is 36.7. The first-order valence-electron chi connectivity index (χ1n) is 22.0. The van der Waals surface area contributed by atoms with E-state index in [2.05, 4.69) is 26.0 Å². The van der Waals surface area contributed by atoms with Gasteiger partial charge in [0.15, 0.2) is 5.78 Å². The standard InChI is InChI=1S/C55H57NO7/c1-37-13-12-29-54(2)50(47-27-21-38(31-43(57)24-20-37)32-49(47)52(58)48-19-11-10-18-46(48)40-15-6-5-7-16-40)28-30-55(54,60)36-56(35-42-23-25-44(61-3)34-51(42)62-4)53(59)63-45-26-22-39-14-8-9-17-41(39)33-45/h5-11,13-19,21-23,25-27,32-34,43,50,57,60H,12,20,24,28-31,35-36H2,1-4H3/t43-,50-,54-,55+/m0/s1. The van der Waals surface area contributed by atoms with Crippen molar-refractivity contribution < 1.29 is 34.0 Å². The van der Waals surface area contributed by atoms with E-state index in [9.17, 15) is 15.0 Å². The average Bonchev–Trinajstić information content (AvgIpc) is 3.56. The van der Waals surface area contributed by atoms with Crippen LogP contribution in [0.15, 0.2) is 145 Å². The van der Waals surface area contributed by atoms with E-state index in [-0.39, 0.29) is 24.8 Å². The normalized spacial score (nSPS) is 21.2. The van der Waals surface area contributed by atoms with Crippen LogP contribution >= 0.6 is 0 Å². The molecule has 0 aliphatic heterocycles. The van der Waals surface area contributed by atoms with Gasteiger partial charge in [-0.05, 0) is 121 Å². The average molecular weight is 844 g/mol. The molecular formula is C55H57NO7. The molecule has 2 bridgehead atoms. The molecule has 2 N–H and O–H groups in total. The summed E-state index contributed by atoms with van der Waals surface area (Å²) in [5, 5.41) is 26.6. The van der Waals surface area contributed by atoms with Gasteiger partial charge in [0.1, 0.15) is 17.2 Å². The van der Waals surface area contributed by atoms with Crippen LogP contribution in [0.25, 0.3) is 21.9 Å². The second-order valence-corrected chi connectivity index (χ2v) is 17.6. The number of benzene rings is 6. The fraction of sp³-hybridized carbons (Fsp3) is 0.309. The molecule has 3 aliphatic carbocycles. The van der Waals surface area contributed by atoms with Crippen LogP contribution < -0.4 is 14.2 Å². The van der Waals surface area contributed by atoms with E-state index < -0.39 is 23.2 Å². The number of hydrogen-bond donors (Lipinski definition) is 2. The highest BCUT2D eigenvalue weighted by Gasteiger charge is 2.58. The molecule has 0 spiro atoms. The number of methoxy groups -OCH3 is 2. The Kier molecular flexibility index (Phi) is 12.8. The van der Waals surface area contributed by atoms with Gasteiger partial charge in [0, 0.05) is 28.2 Å². The number of rotatable bonds is 10. The first-order valence-corrected chi connectivity index (χ1v) is 22.0. The zero-order chi connectivity index (χ0) is 44.1. The fourth-order valence-electron chi connectivity index (χ4n) is 9.98. The van der Waals surface area contributed by atoms with Gasteiger partial charge >= 0.3 is 6.09 Å². The van der Waals surface area contributed by atoms with Crippen molar-refractivity contribution >= 4 is 22.6 Å². The molecule has 0 radical (unpaired) electrons. The van der Waals surface area contributed by atoms with Gasteiger partial charge in [-0.3, -0.25) is 4.79 Å². The van der Waals surface area contributed by atoms with E-state index in [1.165, 1.54) is 5.57 Å². The molecule has 0 unspecified atom stereocenters. The van der Waals surface area contributed by atoms with E-state index in [4.69, 9.17) is 14.2 Å². The zero-order valence-electron chi connectivity index (χ0n) is 36.7. The summed E-state index contributed by atoms with van der Waals surface area (Å²) in [6, 6.07) is 42.7. The van der Waals surface area contributed by atoms with Crippen LogP contribution in [0.4, 0.5) is 4.79 Å². The van der Waals surface area contributed by atoms with Gasteiger partial charge in [-0.15, -0.1) is 0 Å². The molecule has 0 aromatic heterocycles. The van der Waals surface area contributed by atoms with Gasteiger partial charge < -0.3 is 29.3 Å². The Morgan fingerprint density at radius 1 is 0.762 bits per heavy atom. The summed E-state index contributed by atoms with van der Waals surface area (Å²) >= 11 is 0. The summed E-state index contributed by atoms with van der Waals surface area (Å²) in [5.74, 6) is 1.20. The minimum atomic E-state index is -1.41. The molecule has 0 saturated heterocycles. The molecule has 1 amide bonds. The molecule has 9 rings (SSSR count). The van der Waals surface area contributed by atoms with Crippen molar-refractivity contribution in [2.45, 2.75) is 83.0 Å². The number of aliphatic hydroxyl groups is 2.